The highest BCUT2D eigenvalue weighted by atomic mass is 16.5. The van der Waals surface area contributed by atoms with E-state index < -0.39 is 0 Å². The van der Waals surface area contributed by atoms with Gasteiger partial charge in [-0.15, -0.1) is 0 Å². The second kappa shape index (κ2) is 7.71. The Balaban J connectivity index is 1.52. The normalized spacial score (nSPS) is 22.5. The van der Waals surface area contributed by atoms with Gasteiger partial charge in [0, 0.05) is 11.6 Å². The predicted molar refractivity (Wildman–Crippen MR) is 105 cm³/mol. The summed E-state index contributed by atoms with van der Waals surface area (Å²) in [6, 6.07) is 14.9. The van der Waals surface area contributed by atoms with Crippen LogP contribution < -0.4 is 4.74 Å². The van der Waals surface area contributed by atoms with Gasteiger partial charge < -0.3 is 9.84 Å². The maximum atomic E-state index is 10.8. The van der Waals surface area contributed by atoms with Gasteiger partial charge in [0.2, 0.25) is 0 Å². The second-order valence-electron chi connectivity index (χ2n) is 7.74. The summed E-state index contributed by atoms with van der Waals surface area (Å²) < 4.78 is 5.92. The van der Waals surface area contributed by atoms with Gasteiger partial charge >= 0.3 is 0 Å². The monoisotopic (exact) mass is 351 g/mol. The molecule has 0 aromatic heterocycles. The number of benzene rings is 2. The molecule has 0 bridgehead atoms. The molecular weight excluding hydrogens is 322 g/mol. The minimum absolute atomic E-state index is 0.365. The number of hydrogen-bond donors (Lipinski definition) is 1. The number of aromatic hydroxyl groups is 1. The van der Waals surface area contributed by atoms with Crippen molar-refractivity contribution in [3.63, 3.8) is 0 Å². The average Bonchev–Trinajstić information content (AvgIpc) is 2.68. The van der Waals surface area contributed by atoms with E-state index in [4.69, 9.17) is 4.74 Å². The molecule has 1 heterocycles. The molecule has 1 fully saturated rings. The molecule has 3 heteroatoms. The first-order valence-electron chi connectivity index (χ1n) is 10.0. The van der Waals surface area contributed by atoms with E-state index in [9.17, 15) is 5.11 Å². The van der Waals surface area contributed by atoms with Crippen molar-refractivity contribution in [2.75, 3.05) is 13.1 Å². The summed E-state index contributed by atoms with van der Waals surface area (Å²) in [7, 11) is 0. The van der Waals surface area contributed by atoms with Crippen LogP contribution in [0.2, 0.25) is 0 Å². The van der Waals surface area contributed by atoms with Gasteiger partial charge in [-0.2, -0.15) is 0 Å². The Morgan fingerprint density at radius 2 is 1.96 bits per heavy atom. The van der Waals surface area contributed by atoms with Crippen LogP contribution in [-0.2, 0) is 19.4 Å². The van der Waals surface area contributed by atoms with Crippen LogP contribution in [0.1, 0.15) is 42.9 Å². The molecule has 1 aliphatic carbocycles. The summed E-state index contributed by atoms with van der Waals surface area (Å²) in [6.07, 6.45) is 5.81. The molecule has 0 amide bonds. The fourth-order valence-electron chi connectivity index (χ4n) is 4.73. The fraction of sp³-hybridized carbons (Fsp3) is 0.478. The smallest absolute Gasteiger partial charge is 0.161 e. The van der Waals surface area contributed by atoms with Crippen LogP contribution in [0.15, 0.2) is 42.5 Å². The summed E-state index contributed by atoms with van der Waals surface area (Å²) >= 11 is 0. The molecule has 1 saturated heterocycles. The Morgan fingerprint density at radius 3 is 2.77 bits per heavy atom. The highest BCUT2D eigenvalue weighted by molar-refractivity contribution is 5.51. The Labute approximate surface area is 156 Å². The summed E-state index contributed by atoms with van der Waals surface area (Å²) in [5, 5.41) is 10.8. The first-order chi connectivity index (χ1) is 12.8. The van der Waals surface area contributed by atoms with Crippen molar-refractivity contribution < 1.29 is 9.84 Å². The third-order valence-electron chi connectivity index (χ3n) is 6.02. The first kappa shape index (κ1) is 17.4. The van der Waals surface area contributed by atoms with Crippen molar-refractivity contribution in [1.82, 2.24) is 4.90 Å². The number of hydrogen-bond acceptors (Lipinski definition) is 3. The predicted octanol–water partition coefficient (Wildman–Crippen LogP) is 4.56. The molecule has 1 aliphatic heterocycles. The molecule has 1 N–H and O–H groups in total. The number of nitrogens with zero attached hydrogens (tertiary/aromatic N) is 1. The van der Waals surface area contributed by atoms with E-state index in [-0.39, 0.29) is 0 Å². The van der Waals surface area contributed by atoms with Crippen molar-refractivity contribution in [3.8, 4) is 11.5 Å². The molecule has 0 radical (unpaired) electrons. The Hall–Kier alpha value is -2.00. The van der Waals surface area contributed by atoms with Gasteiger partial charge in [0.05, 0.1) is 0 Å². The standard InChI is InChI=1S/C23H29NO2/c1-2-12-24-13-6-9-19-14-20-18(15-21(19)24)10-11-22(23(20)25)26-16-17-7-4-3-5-8-17/h3-5,7-8,10-11,19,21,25H,2,6,9,12-16H2,1H3/t19-,21?/m1/s1. The van der Waals surface area contributed by atoms with Gasteiger partial charge in [-0.25, -0.2) is 0 Å². The minimum atomic E-state index is 0.365. The van der Waals surface area contributed by atoms with Crippen molar-refractivity contribution in [1.29, 1.82) is 0 Å². The van der Waals surface area contributed by atoms with Crippen molar-refractivity contribution in [2.45, 2.75) is 51.7 Å². The number of likely N-dealkylation sites (tertiary alicyclic amines) is 1. The maximum absolute atomic E-state index is 10.8. The lowest BCUT2D eigenvalue weighted by Gasteiger charge is -2.44. The van der Waals surface area contributed by atoms with E-state index in [1.807, 2.05) is 36.4 Å². The molecule has 3 nitrogen and oxygen atoms in total. The number of phenolic OH excluding ortho intramolecular Hbond substituents is 1. The lowest BCUT2D eigenvalue weighted by molar-refractivity contribution is 0.0847. The van der Waals surface area contributed by atoms with Gasteiger partial charge in [-0.1, -0.05) is 43.3 Å². The molecule has 138 valence electrons. The van der Waals surface area contributed by atoms with Crippen molar-refractivity contribution in [3.05, 3.63) is 59.2 Å². The van der Waals surface area contributed by atoms with Gasteiger partial charge in [-0.05, 0) is 68.3 Å². The van der Waals surface area contributed by atoms with Gasteiger partial charge in [-0.3, -0.25) is 4.90 Å². The Bertz CT molecular complexity index is 741. The number of piperidine rings is 1. The Kier molecular flexibility index (Phi) is 5.16. The van der Waals surface area contributed by atoms with E-state index in [0.717, 1.165) is 24.0 Å². The molecule has 4 rings (SSSR count). The van der Waals surface area contributed by atoms with Crippen LogP contribution >= 0.6 is 0 Å². The quantitative estimate of drug-likeness (QED) is 0.857. The minimum Gasteiger partial charge on any atom is -0.504 e. The van der Waals surface area contributed by atoms with Crippen LogP contribution in [0, 0.1) is 5.92 Å². The topological polar surface area (TPSA) is 32.7 Å². The SMILES string of the molecule is CCCN1CCC[C@@H]2Cc3c(ccc(OCc4ccccc4)c3O)CC21. The molecule has 1 unspecified atom stereocenters. The second-order valence-corrected chi connectivity index (χ2v) is 7.74. The van der Waals surface area contributed by atoms with Crippen LogP contribution in [0.3, 0.4) is 0 Å². The maximum Gasteiger partial charge on any atom is 0.161 e. The Morgan fingerprint density at radius 1 is 1.12 bits per heavy atom. The summed E-state index contributed by atoms with van der Waals surface area (Å²) in [5.74, 6) is 1.65. The zero-order chi connectivity index (χ0) is 17.9. The van der Waals surface area contributed by atoms with E-state index in [0.29, 0.717) is 30.1 Å². The zero-order valence-corrected chi connectivity index (χ0v) is 15.7. The number of ether oxygens (including phenoxy) is 1. The molecule has 26 heavy (non-hydrogen) atoms. The lowest BCUT2D eigenvalue weighted by atomic mass is 9.75. The molecule has 2 aliphatic rings. The lowest BCUT2D eigenvalue weighted by Crippen LogP contribution is -2.49. The fourth-order valence-corrected chi connectivity index (χ4v) is 4.73. The molecule has 2 aromatic carbocycles. The van der Waals surface area contributed by atoms with E-state index in [2.05, 4.69) is 17.9 Å². The highest BCUT2D eigenvalue weighted by Gasteiger charge is 2.36. The van der Waals surface area contributed by atoms with Crippen LogP contribution in [-0.4, -0.2) is 29.1 Å². The van der Waals surface area contributed by atoms with Gasteiger partial charge in [0.1, 0.15) is 6.61 Å². The zero-order valence-electron chi connectivity index (χ0n) is 15.7. The third-order valence-corrected chi connectivity index (χ3v) is 6.02. The van der Waals surface area contributed by atoms with E-state index in [1.54, 1.807) is 0 Å². The summed E-state index contributed by atoms with van der Waals surface area (Å²) in [4.78, 5) is 2.67. The molecule has 2 aromatic rings. The number of fused-ring (bicyclic) bond motifs is 2. The molecular formula is C23H29NO2. The van der Waals surface area contributed by atoms with Crippen LogP contribution in [0.4, 0.5) is 0 Å². The number of rotatable bonds is 5. The first-order valence-corrected chi connectivity index (χ1v) is 10.0. The summed E-state index contributed by atoms with van der Waals surface area (Å²) in [5.41, 5.74) is 3.54. The van der Waals surface area contributed by atoms with Gasteiger partial charge in [0.15, 0.2) is 11.5 Å². The number of phenols is 1. The van der Waals surface area contributed by atoms with Crippen LogP contribution in [0.5, 0.6) is 11.5 Å². The van der Waals surface area contributed by atoms with Crippen molar-refractivity contribution in [2.24, 2.45) is 5.92 Å². The molecule has 2 atom stereocenters. The largest absolute Gasteiger partial charge is 0.504 e. The third kappa shape index (κ3) is 3.45. The molecule has 0 saturated carbocycles. The highest BCUT2D eigenvalue weighted by Crippen LogP contribution is 2.42. The van der Waals surface area contributed by atoms with Crippen LogP contribution in [0.25, 0.3) is 0 Å². The average molecular weight is 351 g/mol. The summed E-state index contributed by atoms with van der Waals surface area (Å²) in [6.45, 7) is 5.18. The van der Waals surface area contributed by atoms with E-state index in [1.165, 1.54) is 37.9 Å². The molecule has 0 spiro atoms. The van der Waals surface area contributed by atoms with Crippen molar-refractivity contribution >= 4 is 0 Å². The van der Waals surface area contributed by atoms with Gasteiger partial charge in [0.25, 0.3) is 0 Å². The van der Waals surface area contributed by atoms with E-state index >= 15 is 0 Å².